The van der Waals surface area contributed by atoms with Crippen molar-refractivity contribution < 1.29 is 25.3 Å². The Morgan fingerprint density at radius 2 is 1.00 bits per heavy atom. The predicted octanol–water partition coefficient (Wildman–Crippen LogP) is -0.00360. The Kier molecular flexibility index (Phi) is 9.32. The number of hydrogen-bond donors (Lipinski definition) is 4. The Balaban J connectivity index is 0.000000227. The highest BCUT2D eigenvalue weighted by atomic mass is 32.2. The molecular formula is C18H22N4O6S5. The summed E-state index contributed by atoms with van der Waals surface area (Å²) in [5, 5.41) is 12.7. The standard InChI is InChI=1S/2C9H10N2O3S2.H2S/c2*10-16(13,14)11-5-7-6-15(12)9-4-2-1-3-8(7)9;/h2*1-4,6,11H,5H2,(H2,10,13,14);1H2. The summed E-state index contributed by atoms with van der Waals surface area (Å²) in [6.45, 7) is 0.114. The Bertz CT molecular complexity index is 1260. The molecule has 180 valence electrons. The summed E-state index contributed by atoms with van der Waals surface area (Å²) in [6.07, 6.45) is 0. The van der Waals surface area contributed by atoms with E-state index in [-0.39, 0.29) is 26.6 Å². The molecule has 4 rings (SSSR count). The molecule has 2 aliphatic rings. The van der Waals surface area contributed by atoms with Gasteiger partial charge in [-0.05, 0) is 34.4 Å². The van der Waals surface area contributed by atoms with Crippen molar-refractivity contribution >= 4 is 66.7 Å². The summed E-state index contributed by atoms with van der Waals surface area (Å²) in [6, 6.07) is 14.3. The van der Waals surface area contributed by atoms with Gasteiger partial charge in [0.2, 0.25) is 0 Å². The third kappa shape index (κ3) is 7.66. The van der Waals surface area contributed by atoms with Crippen LogP contribution in [-0.2, 0) is 42.0 Å². The van der Waals surface area contributed by atoms with Crippen LogP contribution in [0, 0.1) is 0 Å². The lowest BCUT2D eigenvalue weighted by Crippen LogP contribution is -2.31. The van der Waals surface area contributed by atoms with Crippen LogP contribution in [0.5, 0.6) is 0 Å². The molecule has 2 aliphatic heterocycles. The van der Waals surface area contributed by atoms with Crippen LogP contribution in [0.1, 0.15) is 11.1 Å². The van der Waals surface area contributed by atoms with Crippen LogP contribution in [0.3, 0.4) is 0 Å². The molecule has 0 radical (unpaired) electrons. The molecule has 6 N–H and O–H groups in total. The van der Waals surface area contributed by atoms with Gasteiger partial charge in [-0.2, -0.15) is 39.8 Å². The summed E-state index contributed by atoms with van der Waals surface area (Å²) < 4.78 is 70.6. The monoisotopic (exact) mass is 550 g/mol. The first-order valence-electron chi connectivity index (χ1n) is 8.91. The Morgan fingerprint density at radius 3 is 1.33 bits per heavy atom. The van der Waals surface area contributed by atoms with Crippen molar-refractivity contribution in [2.75, 3.05) is 13.1 Å². The van der Waals surface area contributed by atoms with Gasteiger partial charge in [0.05, 0.1) is 31.4 Å². The van der Waals surface area contributed by atoms with E-state index < -0.39 is 42.0 Å². The lowest BCUT2D eigenvalue weighted by molar-refractivity contribution is 0.586. The smallest absolute Gasteiger partial charge is 0.250 e. The Hall–Kier alpha value is -1.69. The maximum atomic E-state index is 11.6. The van der Waals surface area contributed by atoms with Gasteiger partial charge >= 0.3 is 0 Å². The van der Waals surface area contributed by atoms with Crippen LogP contribution in [0.4, 0.5) is 0 Å². The quantitative estimate of drug-likeness (QED) is 0.393. The second-order valence-electron chi connectivity index (χ2n) is 6.61. The maximum Gasteiger partial charge on any atom is 0.274 e. The average Bonchev–Trinajstić information content (AvgIpc) is 3.22. The van der Waals surface area contributed by atoms with E-state index in [9.17, 15) is 25.3 Å². The molecule has 0 amide bonds. The first-order chi connectivity index (χ1) is 14.9. The molecule has 33 heavy (non-hydrogen) atoms. The summed E-state index contributed by atoms with van der Waals surface area (Å²) in [7, 11) is -9.83. The number of nitrogens with one attached hydrogen (secondary N) is 2. The topological polar surface area (TPSA) is 179 Å². The molecule has 2 aromatic rings. The summed E-state index contributed by atoms with van der Waals surface area (Å²) in [5.41, 5.74) is 2.97. The van der Waals surface area contributed by atoms with E-state index in [1.165, 1.54) is 10.8 Å². The molecule has 10 nitrogen and oxygen atoms in total. The molecule has 0 spiro atoms. The molecule has 15 heteroatoms. The first kappa shape index (κ1) is 27.6. The fourth-order valence-corrected chi connectivity index (χ4v) is 6.12. The molecule has 2 unspecified atom stereocenters. The van der Waals surface area contributed by atoms with Gasteiger partial charge in [0.1, 0.15) is 0 Å². The summed E-state index contributed by atoms with van der Waals surface area (Å²) in [4.78, 5) is 1.41. The Labute approximate surface area is 204 Å². The first-order valence-corrected chi connectivity index (χ1v) is 14.4. The zero-order chi connectivity index (χ0) is 23.5. The van der Waals surface area contributed by atoms with E-state index in [1.54, 1.807) is 36.4 Å². The molecule has 0 saturated carbocycles. The van der Waals surface area contributed by atoms with E-state index >= 15 is 0 Å². The highest BCUT2D eigenvalue weighted by Gasteiger charge is 2.21. The minimum absolute atomic E-state index is 0. The van der Waals surface area contributed by atoms with E-state index in [4.69, 9.17) is 10.3 Å². The zero-order valence-electron chi connectivity index (χ0n) is 16.9. The van der Waals surface area contributed by atoms with Gasteiger partial charge in [-0.1, -0.05) is 36.4 Å². The number of hydrogen-bond acceptors (Lipinski definition) is 6. The maximum absolute atomic E-state index is 11.6. The molecule has 0 aliphatic carbocycles. The molecule has 0 bridgehead atoms. The van der Waals surface area contributed by atoms with Gasteiger partial charge in [0.25, 0.3) is 20.4 Å². The molecule has 0 aromatic heterocycles. The van der Waals surface area contributed by atoms with Crippen LogP contribution in [0.2, 0.25) is 0 Å². The number of fused-ring (bicyclic) bond motifs is 2. The Morgan fingerprint density at radius 1 is 0.667 bits per heavy atom. The van der Waals surface area contributed by atoms with Crippen molar-refractivity contribution in [3.8, 4) is 0 Å². The summed E-state index contributed by atoms with van der Waals surface area (Å²) >= 11 is 0. The van der Waals surface area contributed by atoms with Crippen molar-refractivity contribution in [2.24, 2.45) is 10.3 Å². The molecule has 0 fully saturated rings. The summed E-state index contributed by atoms with van der Waals surface area (Å²) in [5.74, 6) is 0. The molecular weight excluding hydrogens is 529 g/mol. The number of nitrogens with two attached hydrogens (primary N) is 2. The van der Waals surface area contributed by atoms with Crippen LogP contribution in [0.15, 0.2) is 69.1 Å². The minimum atomic E-state index is -3.72. The van der Waals surface area contributed by atoms with Gasteiger partial charge in [-0.25, -0.2) is 18.7 Å². The molecule has 2 atom stereocenters. The number of benzene rings is 2. The van der Waals surface area contributed by atoms with Crippen molar-refractivity contribution in [1.29, 1.82) is 0 Å². The fraction of sp³-hybridized carbons (Fsp3) is 0.111. The van der Waals surface area contributed by atoms with E-state index in [0.717, 1.165) is 11.1 Å². The van der Waals surface area contributed by atoms with Crippen LogP contribution >= 0.6 is 13.5 Å². The zero-order valence-corrected chi connectivity index (χ0v) is 21.2. The highest BCUT2D eigenvalue weighted by molar-refractivity contribution is 7.89. The van der Waals surface area contributed by atoms with Crippen LogP contribution in [-0.4, -0.2) is 38.3 Å². The van der Waals surface area contributed by atoms with Gasteiger partial charge in [-0.3, -0.25) is 0 Å². The average molecular weight is 551 g/mol. The highest BCUT2D eigenvalue weighted by Crippen LogP contribution is 2.30. The minimum Gasteiger partial charge on any atom is -0.250 e. The van der Waals surface area contributed by atoms with E-state index in [0.29, 0.717) is 20.9 Å². The third-order valence-corrected chi connectivity index (χ3v) is 8.00. The van der Waals surface area contributed by atoms with Crippen molar-refractivity contribution in [1.82, 2.24) is 9.44 Å². The normalized spacial score (nSPS) is 18.7. The van der Waals surface area contributed by atoms with Crippen molar-refractivity contribution in [3.63, 3.8) is 0 Å². The van der Waals surface area contributed by atoms with Crippen LogP contribution < -0.4 is 19.7 Å². The third-order valence-electron chi connectivity index (χ3n) is 4.33. The molecule has 0 saturated heterocycles. The SMILES string of the molecule is NS(=O)(=O)NCC1=CS(=O)c2ccccc21.NS(=O)(=O)NCC1=CS(=O)c2ccccc21.S. The van der Waals surface area contributed by atoms with Crippen molar-refractivity contribution in [2.45, 2.75) is 9.79 Å². The van der Waals surface area contributed by atoms with Crippen LogP contribution in [0.25, 0.3) is 11.1 Å². The van der Waals surface area contributed by atoms with E-state index in [1.807, 2.05) is 12.1 Å². The lowest BCUT2D eigenvalue weighted by Gasteiger charge is -2.04. The van der Waals surface area contributed by atoms with Gasteiger partial charge in [-0.15, -0.1) is 0 Å². The lowest BCUT2D eigenvalue weighted by atomic mass is 10.1. The second kappa shape index (κ2) is 11.2. The van der Waals surface area contributed by atoms with Crippen molar-refractivity contribution in [3.05, 3.63) is 70.5 Å². The molecule has 2 aromatic carbocycles. The molecule has 2 heterocycles. The fourth-order valence-electron chi connectivity index (χ4n) is 2.96. The van der Waals surface area contributed by atoms with E-state index in [2.05, 4.69) is 9.44 Å². The van der Waals surface area contributed by atoms with Gasteiger partial charge < -0.3 is 0 Å². The number of rotatable bonds is 6. The second-order valence-corrected chi connectivity index (χ2v) is 11.9. The largest absolute Gasteiger partial charge is 0.274 e. The van der Waals surface area contributed by atoms with Gasteiger partial charge in [0.15, 0.2) is 0 Å². The van der Waals surface area contributed by atoms with Gasteiger partial charge in [0, 0.05) is 23.9 Å². The predicted molar refractivity (Wildman–Crippen MR) is 134 cm³/mol.